The second kappa shape index (κ2) is 68.8. The number of allylic oxidation sites excluding steroid dienone is 16. The molecular formula is C75H130O6. The molecule has 0 bridgehead atoms. The van der Waals surface area contributed by atoms with E-state index in [9.17, 15) is 14.4 Å². The van der Waals surface area contributed by atoms with E-state index in [4.69, 9.17) is 14.2 Å². The summed E-state index contributed by atoms with van der Waals surface area (Å²) in [4.78, 5) is 38.4. The molecule has 0 radical (unpaired) electrons. The molecule has 1 unspecified atom stereocenters. The highest BCUT2D eigenvalue weighted by molar-refractivity contribution is 5.71. The van der Waals surface area contributed by atoms with Crippen LogP contribution < -0.4 is 0 Å². The molecule has 0 fully saturated rings. The topological polar surface area (TPSA) is 78.9 Å². The minimum atomic E-state index is -0.790. The third-order valence-corrected chi connectivity index (χ3v) is 15.0. The van der Waals surface area contributed by atoms with Crippen molar-refractivity contribution in [1.82, 2.24) is 0 Å². The van der Waals surface area contributed by atoms with Gasteiger partial charge in [0.05, 0.1) is 0 Å². The molecule has 1 atom stereocenters. The van der Waals surface area contributed by atoms with Crippen LogP contribution in [0, 0.1) is 0 Å². The molecule has 6 heteroatoms. The lowest BCUT2D eigenvalue weighted by molar-refractivity contribution is -0.167. The van der Waals surface area contributed by atoms with E-state index in [-0.39, 0.29) is 31.1 Å². The van der Waals surface area contributed by atoms with Gasteiger partial charge in [-0.15, -0.1) is 0 Å². The zero-order chi connectivity index (χ0) is 58.5. The average molecular weight is 1130 g/mol. The van der Waals surface area contributed by atoms with E-state index in [1.807, 2.05) is 0 Å². The lowest BCUT2D eigenvalue weighted by Gasteiger charge is -2.18. The normalized spacial score (nSPS) is 12.7. The number of unbranched alkanes of at least 4 members (excludes halogenated alkanes) is 36. The van der Waals surface area contributed by atoms with Crippen LogP contribution in [0.1, 0.15) is 342 Å². The van der Waals surface area contributed by atoms with Crippen molar-refractivity contribution in [3.8, 4) is 0 Å². The summed E-state index contributed by atoms with van der Waals surface area (Å²) in [6.45, 7) is 6.51. The number of hydrogen-bond acceptors (Lipinski definition) is 6. The van der Waals surface area contributed by atoms with Crippen LogP contribution in [0.3, 0.4) is 0 Å². The Morgan fingerprint density at radius 3 is 0.778 bits per heavy atom. The zero-order valence-electron chi connectivity index (χ0n) is 53.5. The van der Waals surface area contributed by atoms with E-state index in [1.54, 1.807) is 0 Å². The summed E-state index contributed by atoms with van der Waals surface area (Å²) < 4.78 is 16.9. The smallest absolute Gasteiger partial charge is 0.306 e. The van der Waals surface area contributed by atoms with Crippen LogP contribution >= 0.6 is 0 Å². The largest absolute Gasteiger partial charge is 0.462 e. The van der Waals surface area contributed by atoms with Gasteiger partial charge in [0.25, 0.3) is 0 Å². The van der Waals surface area contributed by atoms with Crippen molar-refractivity contribution < 1.29 is 28.6 Å². The first kappa shape index (κ1) is 77.3. The van der Waals surface area contributed by atoms with Gasteiger partial charge >= 0.3 is 17.9 Å². The minimum absolute atomic E-state index is 0.0844. The number of rotatable bonds is 63. The lowest BCUT2D eigenvalue weighted by atomic mass is 10.0. The highest BCUT2D eigenvalue weighted by Gasteiger charge is 2.19. The van der Waals surface area contributed by atoms with Gasteiger partial charge in [0.15, 0.2) is 6.10 Å². The molecule has 0 aliphatic heterocycles. The maximum absolute atomic E-state index is 12.9. The van der Waals surface area contributed by atoms with Crippen LogP contribution in [0.25, 0.3) is 0 Å². The summed E-state index contributed by atoms with van der Waals surface area (Å²) in [6, 6.07) is 0. The van der Waals surface area contributed by atoms with Crippen molar-refractivity contribution >= 4 is 17.9 Å². The van der Waals surface area contributed by atoms with Crippen LogP contribution in [0.2, 0.25) is 0 Å². The molecule has 0 aliphatic carbocycles. The third-order valence-electron chi connectivity index (χ3n) is 15.0. The molecule has 0 rings (SSSR count). The minimum Gasteiger partial charge on any atom is -0.462 e. The van der Waals surface area contributed by atoms with Gasteiger partial charge in [0.1, 0.15) is 13.2 Å². The molecule has 466 valence electrons. The number of hydrogen-bond donors (Lipinski definition) is 0. The van der Waals surface area contributed by atoms with E-state index >= 15 is 0 Å². The van der Waals surface area contributed by atoms with Crippen molar-refractivity contribution in [2.24, 2.45) is 0 Å². The van der Waals surface area contributed by atoms with E-state index in [0.717, 1.165) is 116 Å². The van der Waals surface area contributed by atoms with Crippen LogP contribution in [-0.2, 0) is 28.6 Å². The van der Waals surface area contributed by atoms with Gasteiger partial charge in [0, 0.05) is 19.3 Å². The van der Waals surface area contributed by atoms with E-state index in [2.05, 4.69) is 118 Å². The Morgan fingerprint density at radius 2 is 0.481 bits per heavy atom. The summed E-state index contributed by atoms with van der Waals surface area (Å²) in [5.74, 6) is -0.896. The van der Waals surface area contributed by atoms with E-state index < -0.39 is 6.10 Å². The highest BCUT2D eigenvalue weighted by Crippen LogP contribution is 2.17. The second-order valence-corrected chi connectivity index (χ2v) is 23.1. The summed E-state index contributed by atoms with van der Waals surface area (Å²) >= 11 is 0. The van der Waals surface area contributed by atoms with Crippen LogP contribution in [0.4, 0.5) is 0 Å². The molecule has 0 aliphatic rings. The van der Waals surface area contributed by atoms with Crippen molar-refractivity contribution in [1.29, 1.82) is 0 Å². The molecule has 0 spiro atoms. The van der Waals surface area contributed by atoms with Crippen molar-refractivity contribution in [2.45, 2.75) is 348 Å². The molecule has 6 nitrogen and oxygen atoms in total. The number of carbonyl (C=O) groups is 3. The summed E-state index contributed by atoms with van der Waals surface area (Å²) in [6.07, 6.45) is 92.9. The molecule has 0 heterocycles. The van der Waals surface area contributed by atoms with E-state index in [1.165, 1.54) is 186 Å². The highest BCUT2D eigenvalue weighted by atomic mass is 16.6. The zero-order valence-corrected chi connectivity index (χ0v) is 53.5. The van der Waals surface area contributed by atoms with Crippen LogP contribution in [0.15, 0.2) is 97.2 Å². The molecule has 0 saturated carbocycles. The lowest BCUT2D eigenvalue weighted by Crippen LogP contribution is -2.30. The van der Waals surface area contributed by atoms with Crippen molar-refractivity contribution in [3.05, 3.63) is 97.2 Å². The Labute approximate surface area is 502 Å². The van der Waals surface area contributed by atoms with Crippen molar-refractivity contribution in [2.75, 3.05) is 13.2 Å². The maximum atomic E-state index is 12.9. The predicted molar refractivity (Wildman–Crippen MR) is 353 cm³/mol. The standard InChI is InChI=1S/C75H130O6/c1-4-7-10-13-16-19-22-25-28-30-31-32-33-34-35-36-37-38-39-40-41-42-43-45-47-50-53-56-59-62-65-68-74(77)80-71-72(70-79-73(76)67-64-61-58-55-52-49-46-27-24-21-18-15-12-9-6-3)81-75(78)69-66-63-60-57-54-51-48-44-29-26-23-20-17-14-11-8-5-2/h8,11,17-18,20-22,25-27,29-31,33-34,46,72H,4-7,9-10,12-16,19,23-24,28,32,35-45,47-71H2,1-3H3/b11-8-,20-17-,21-18-,25-22-,29-26-,31-30-,34-33-,46-27-. The van der Waals surface area contributed by atoms with Gasteiger partial charge in [-0.05, 0) is 122 Å². The monoisotopic (exact) mass is 1130 g/mol. The molecule has 0 aromatic rings. The summed E-state index contributed by atoms with van der Waals surface area (Å²) in [5.41, 5.74) is 0. The molecular weight excluding hydrogens is 997 g/mol. The number of carbonyl (C=O) groups excluding carboxylic acids is 3. The van der Waals surface area contributed by atoms with E-state index in [0.29, 0.717) is 19.3 Å². The fourth-order valence-corrected chi connectivity index (χ4v) is 9.85. The maximum Gasteiger partial charge on any atom is 0.306 e. The van der Waals surface area contributed by atoms with Gasteiger partial charge in [-0.3, -0.25) is 14.4 Å². The molecule has 0 amide bonds. The molecule has 0 saturated heterocycles. The Bertz CT molecular complexity index is 1580. The first-order valence-corrected chi connectivity index (χ1v) is 34.7. The molecule has 0 aromatic heterocycles. The molecule has 0 aromatic carbocycles. The predicted octanol–water partition coefficient (Wildman–Crippen LogP) is 24.0. The fraction of sp³-hybridized carbons (Fsp3) is 0.747. The molecule has 0 N–H and O–H groups in total. The Hall–Kier alpha value is -3.67. The number of esters is 3. The SMILES string of the molecule is CC/C=C\C/C=C\C/C=C\CCCCCCCCCC(=O)OC(COC(=O)CCCCCCC/C=C\C/C=C\CCCCC)COC(=O)CCCCCCCCCCCCCCCCCC/C=C\C/C=C\C/C=C\CCCCCCC. The van der Waals surface area contributed by atoms with Crippen LogP contribution in [0.5, 0.6) is 0 Å². The molecule has 81 heavy (non-hydrogen) atoms. The van der Waals surface area contributed by atoms with Gasteiger partial charge in [-0.1, -0.05) is 298 Å². The fourth-order valence-electron chi connectivity index (χ4n) is 9.85. The average Bonchev–Trinajstić information content (AvgIpc) is 3.47. The number of ether oxygens (including phenoxy) is 3. The Kier molecular flexibility index (Phi) is 65.7. The van der Waals surface area contributed by atoms with Gasteiger partial charge in [-0.25, -0.2) is 0 Å². The van der Waals surface area contributed by atoms with Crippen LogP contribution in [-0.4, -0.2) is 37.2 Å². The summed E-state index contributed by atoms with van der Waals surface area (Å²) in [5, 5.41) is 0. The van der Waals surface area contributed by atoms with Crippen molar-refractivity contribution in [3.63, 3.8) is 0 Å². The Balaban J connectivity index is 4.24. The second-order valence-electron chi connectivity index (χ2n) is 23.1. The first-order valence-electron chi connectivity index (χ1n) is 34.7. The van der Waals surface area contributed by atoms with Gasteiger partial charge in [0.2, 0.25) is 0 Å². The first-order chi connectivity index (χ1) is 40.0. The Morgan fingerprint density at radius 1 is 0.259 bits per heavy atom. The third kappa shape index (κ3) is 67.0. The quantitative estimate of drug-likeness (QED) is 0.0261. The van der Waals surface area contributed by atoms with Gasteiger partial charge < -0.3 is 14.2 Å². The van der Waals surface area contributed by atoms with Gasteiger partial charge in [-0.2, -0.15) is 0 Å². The summed E-state index contributed by atoms with van der Waals surface area (Å²) in [7, 11) is 0.